The quantitative estimate of drug-likeness (QED) is 0.390. The lowest BCUT2D eigenvalue weighted by atomic mass is 10.1. The van der Waals surface area contributed by atoms with E-state index in [1.165, 1.54) is 42.3 Å². The third-order valence-corrected chi connectivity index (χ3v) is 5.53. The summed E-state index contributed by atoms with van der Waals surface area (Å²) in [4.78, 5) is 22.3. The summed E-state index contributed by atoms with van der Waals surface area (Å²) in [6, 6.07) is 11.0. The molecule has 0 aliphatic carbocycles. The molecule has 0 N–H and O–H groups in total. The first kappa shape index (κ1) is 20.8. The van der Waals surface area contributed by atoms with E-state index in [1.807, 2.05) is 0 Å². The lowest BCUT2D eigenvalue weighted by molar-refractivity contribution is 0.187. The molecule has 0 aliphatic rings. The Balaban J connectivity index is 1.77. The van der Waals surface area contributed by atoms with Crippen molar-refractivity contribution >= 4 is 28.2 Å². The molecular weight excluding hydrogens is 451 g/mol. The Bertz CT molecular complexity index is 1610. The number of ether oxygens (including phenoxy) is 1. The van der Waals surface area contributed by atoms with Crippen molar-refractivity contribution in [3.63, 3.8) is 0 Å². The van der Waals surface area contributed by atoms with Crippen LogP contribution in [0.3, 0.4) is 0 Å². The molecule has 33 heavy (non-hydrogen) atoms. The Morgan fingerprint density at radius 2 is 2.00 bits per heavy atom. The van der Waals surface area contributed by atoms with Crippen molar-refractivity contribution in [1.29, 1.82) is 5.26 Å². The molecule has 5 aromatic rings. The van der Waals surface area contributed by atoms with Gasteiger partial charge in [0, 0.05) is 19.2 Å². The fourth-order valence-corrected chi connectivity index (χ4v) is 3.88. The molecule has 0 bridgehead atoms. The Morgan fingerprint density at radius 1 is 1.21 bits per heavy atom. The first-order chi connectivity index (χ1) is 16.0. The Morgan fingerprint density at radius 3 is 2.73 bits per heavy atom. The summed E-state index contributed by atoms with van der Waals surface area (Å²) in [6.07, 6.45) is 1.46. The highest BCUT2D eigenvalue weighted by atomic mass is 35.5. The van der Waals surface area contributed by atoms with E-state index in [4.69, 9.17) is 20.9 Å². The average Bonchev–Trinajstić information content (AvgIpc) is 3.47. The first-order valence-electron chi connectivity index (χ1n) is 9.74. The third-order valence-electron chi connectivity index (χ3n) is 5.21. The van der Waals surface area contributed by atoms with Gasteiger partial charge in [0.25, 0.3) is 11.4 Å². The second-order valence-corrected chi connectivity index (χ2v) is 7.50. The van der Waals surface area contributed by atoms with Crippen LogP contribution in [0.5, 0.6) is 0 Å². The lowest BCUT2D eigenvalue weighted by Gasteiger charge is -2.14. The Labute approximate surface area is 190 Å². The molecule has 0 amide bonds. The summed E-state index contributed by atoms with van der Waals surface area (Å²) < 4.78 is 26.7. The molecular formula is C22H14ClFN6O3. The fraction of sp³-hybridized carbons (Fsp3) is 0.136. The van der Waals surface area contributed by atoms with Crippen molar-refractivity contribution in [2.24, 2.45) is 0 Å². The SMILES string of the molecule is COCCn1c(=O)c2c(-c3noc(-c4ccc(F)cc4)n3)ncn2c2ccc(Cl)c(C#N)c21. The third kappa shape index (κ3) is 3.34. The lowest BCUT2D eigenvalue weighted by Crippen LogP contribution is -2.25. The van der Waals surface area contributed by atoms with Gasteiger partial charge in [0.1, 0.15) is 29.4 Å². The number of nitriles is 1. The highest BCUT2D eigenvalue weighted by Crippen LogP contribution is 2.29. The van der Waals surface area contributed by atoms with Crippen LogP contribution in [0.1, 0.15) is 5.56 Å². The minimum atomic E-state index is -0.418. The summed E-state index contributed by atoms with van der Waals surface area (Å²) in [7, 11) is 1.52. The van der Waals surface area contributed by atoms with Crippen molar-refractivity contribution in [2.45, 2.75) is 6.54 Å². The first-order valence-corrected chi connectivity index (χ1v) is 10.1. The molecule has 0 aliphatic heterocycles. The number of fused-ring (bicyclic) bond motifs is 3. The maximum Gasteiger partial charge on any atom is 0.277 e. The fourth-order valence-electron chi connectivity index (χ4n) is 3.68. The van der Waals surface area contributed by atoms with E-state index < -0.39 is 5.56 Å². The van der Waals surface area contributed by atoms with Crippen LogP contribution in [0.25, 0.3) is 39.5 Å². The predicted molar refractivity (Wildman–Crippen MR) is 117 cm³/mol. The summed E-state index contributed by atoms with van der Waals surface area (Å²) in [5, 5.41) is 13.9. The number of hydrogen-bond donors (Lipinski definition) is 0. The number of benzene rings is 2. The van der Waals surface area contributed by atoms with Gasteiger partial charge in [0.05, 0.1) is 28.2 Å². The van der Waals surface area contributed by atoms with Gasteiger partial charge in [-0.1, -0.05) is 16.8 Å². The van der Waals surface area contributed by atoms with Gasteiger partial charge in [-0.05, 0) is 36.4 Å². The van der Waals surface area contributed by atoms with Crippen LogP contribution in [0, 0.1) is 17.1 Å². The highest BCUT2D eigenvalue weighted by Gasteiger charge is 2.23. The topological polar surface area (TPSA) is 111 Å². The minimum absolute atomic E-state index is 0.0982. The normalized spacial score (nSPS) is 11.3. The van der Waals surface area contributed by atoms with Crippen LogP contribution in [0.15, 0.2) is 52.0 Å². The van der Waals surface area contributed by atoms with Crippen molar-refractivity contribution in [1.82, 2.24) is 24.1 Å². The summed E-state index contributed by atoms with van der Waals surface area (Å²) >= 11 is 6.23. The minimum Gasteiger partial charge on any atom is -0.383 e. The summed E-state index contributed by atoms with van der Waals surface area (Å²) in [5.41, 5.74) is 1.63. The monoisotopic (exact) mass is 464 g/mol. The summed E-state index contributed by atoms with van der Waals surface area (Å²) in [6.45, 7) is 0.429. The number of halogens is 2. The van der Waals surface area contributed by atoms with Crippen LogP contribution >= 0.6 is 11.6 Å². The van der Waals surface area contributed by atoms with Gasteiger partial charge in [-0.15, -0.1) is 0 Å². The average molecular weight is 465 g/mol. The zero-order valence-corrected chi connectivity index (χ0v) is 17.9. The van der Waals surface area contributed by atoms with Crippen molar-refractivity contribution < 1.29 is 13.7 Å². The number of imidazole rings is 1. The molecule has 0 fully saturated rings. The molecule has 0 spiro atoms. The van der Waals surface area contributed by atoms with E-state index in [-0.39, 0.29) is 52.5 Å². The second-order valence-electron chi connectivity index (χ2n) is 7.09. The van der Waals surface area contributed by atoms with Crippen molar-refractivity contribution in [3.05, 3.63) is 69.5 Å². The summed E-state index contributed by atoms with van der Waals surface area (Å²) in [5.74, 6) is -0.134. The van der Waals surface area contributed by atoms with Gasteiger partial charge in [0.2, 0.25) is 5.82 Å². The molecule has 2 aromatic carbocycles. The zero-order valence-electron chi connectivity index (χ0n) is 17.1. The zero-order chi connectivity index (χ0) is 23.1. The van der Waals surface area contributed by atoms with E-state index >= 15 is 0 Å². The van der Waals surface area contributed by atoms with Gasteiger partial charge in [-0.3, -0.25) is 9.20 Å². The van der Waals surface area contributed by atoms with Crippen LogP contribution in [0.2, 0.25) is 5.02 Å². The molecule has 0 saturated heterocycles. The number of aromatic nitrogens is 5. The molecule has 0 saturated carbocycles. The molecule has 0 radical (unpaired) electrons. The van der Waals surface area contributed by atoms with E-state index in [9.17, 15) is 14.4 Å². The predicted octanol–water partition coefficient (Wildman–Crippen LogP) is 3.68. The van der Waals surface area contributed by atoms with Crippen LogP contribution < -0.4 is 5.56 Å². The molecule has 0 unspecified atom stereocenters. The number of hydrogen-bond acceptors (Lipinski definition) is 7. The van der Waals surface area contributed by atoms with Crippen molar-refractivity contribution in [2.75, 3.05) is 13.7 Å². The standard InChI is InChI=1S/C22H14ClFN6O3/c1-32-9-8-29-18-14(10-25)15(23)6-7-16(18)30-11-26-17(19(30)22(29)31)20-27-21(33-28-20)12-2-4-13(24)5-3-12/h2-7,11H,8-9H2,1H3. The number of nitrogens with zero attached hydrogens (tertiary/aromatic N) is 6. The van der Waals surface area contributed by atoms with Crippen molar-refractivity contribution in [3.8, 4) is 29.0 Å². The maximum absolute atomic E-state index is 13.6. The van der Waals surface area contributed by atoms with Crippen LogP contribution in [-0.2, 0) is 11.3 Å². The molecule has 3 aromatic heterocycles. The van der Waals surface area contributed by atoms with Gasteiger partial charge in [0.15, 0.2) is 0 Å². The molecule has 11 heteroatoms. The molecule has 164 valence electrons. The van der Waals surface area contributed by atoms with Gasteiger partial charge >= 0.3 is 0 Å². The van der Waals surface area contributed by atoms with E-state index in [0.29, 0.717) is 16.6 Å². The van der Waals surface area contributed by atoms with Crippen LogP contribution in [0.4, 0.5) is 4.39 Å². The second kappa shape index (κ2) is 8.12. The Hall–Kier alpha value is -4.07. The highest BCUT2D eigenvalue weighted by molar-refractivity contribution is 6.32. The molecule has 5 rings (SSSR count). The van der Waals surface area contributed by atoms with E-state index in [2.05, 4.69) is 21.2 Å². The van der Waals surface area contributed by atoms with Gasteiger partial charge in [-0.2, -0.15) is 10.2 Å². The smallest absolute Gasteiger partial charge is 0.277 e. The number of rotatable bonds is 5. The number of methoxy groups -OCH3 is 1. The van der Waals surface area contributed by atoms with Gasteiger partial charge < -0.3 is 13.8 Å². The van der Waals surface area contributed by atoms with E-state index in [0.717, 1.165) is 0 Å². The largest absolute Gasteiger partial charge is 0.383 e. The Kier molecular flexibility index (Phi) is 5.12. The molecule has 0 atom stereocenters. The van der Waals surface area contributed by atoms with E-state index in [1.54, 1.807) is 16.5 Å². The van der Waals surface area contributed by atoms with Crippen LogP contribution in [-0.4, -0.2) is 37.8 Å². The molecule has 3 heterocycles. The van der Waals surface area contributed by atoms with Gasteiger partial charge in [-0.25, -0.2) is 9.37 Å². The maximum atomic E-state index is 13.6. The molecule has 9 nitrogen and oxygen atoms in total.